The molecular formula is C22H23N5OS. The second kappa shape index (κ2) is 6.93. The SMILES string of the molecule is CC1(C)Cc2nc3sc4c(NCCc5ccc(N)cc5)ncnc4c3cc2CO1. The first-order chi connectivity index (χ1) is 14.0. The predicted octanol–water partition coefficient (Wildman–Crippen LogP) is 4.33. The van der Waals surface area contributed by atoms with Crippen LogP contribution >= 0.6 is 11.3 Å². The average molecular weight is 406 g/mol. The fourth-order valence-corrected chi connectivity index (χ4v) is 4.82. The van der Waals surface area contributed by atoms with Crippen LogP contribution < -0.4 is 11.1 Å². The number of nitrogens with zero attached hydrogens (tertiary/aromatic N) is 3. The third-order valence-corrected chi connectivity index (χ3v) is 6.41. The second-order valence-corrected chi connectivity index (χ2v) is 9.09. The lowest BCUT2D eigenvalue weighted by molar-refractivity contribution is -0.0411. The topological polar surface area (TPSA) is 86.0 Å². The van der Waals surface area contributed by atoms with E-state index < -0.39 is 0 Å². The quantitative estimate of drug-likeness (QED) is 0.492. The summed E-state index contributed by atoms with van der Waals surface area (Å²) in [5, 5.41) is 4.55. The molecule has 0 fully saturated rings. The van der Waals surface area contributed by atoms with Crippen LogP contribution in [0.3, 0.4) is 0 Å². The summed E-state index contributed by atoms with van der Waals surface area (Å²) < 4.78 is 7.02. The zero-order valence-corrected chi connectivity index (χ0v) is 17.3. The number of hydrogen-bond acceptors (Lipinski definition) is 7. The van der Waals surface area contributed by atoms with E-state index in [-0.39, 0.29) is 5.60 Å². The van der Waals surface area contributed by atoms with Crippen LogP contribution in [0.4, 0.5) is 11.5 Å². The molecular weight excluding hydrogens is 382 g/mol. The molecule has 4 heterocycles. The highest BCUT2D eigenvalue weighted by atomic mass is 32.1. The van der Waals surface area contributed by atoms with Gasteiger partial charge in [-0.25, -0.2) is 15.0 Å². The molecule has 1 aromatic carbocycles. The summed E-state index contributed by atoms with van der Waals surface area (Å²) >= 11 is 1.65. The van der Waals surface area contributed by atoms with Crippen LogP contribution in [0.15, 0.2) is 36.7 Å². The second-order valence-electron chi connectivity index (χ2n) is 8.09. The molecule has 0 radical (unpaired) electrons. The molecule has 0 atom stereocenters. The Morgan fingerprint density at radius 2 is 2.03 bits per heavy atom. The van der Waals surface area contributed by atoms with Gasteiger partial charge in [-0.2, -0.15) is 0 Å². The summed E-state index contributed by atoms with van der Waals surface area (Å²) in [6.07, 6.45) is 3.35. The van der Waals surface area contributed by atoms with E-state index in [9.17, 15) is 0 Å². The van der Waals surface area contributed by atoms with Crippen molar-refractivity contribution in [2.75, 3.05) is 17.6 Å². The van der Waals surface area contributed by atoms with E-state index >= 15 is 0 Å². The Bertz CT molecular complexity index is 1200. The number of pyridine rings is 1. The van der Waals surface area contributed by atoms with Crippen molar-refractivity contribution in [2.24, 2.45) is 0 Å². The van der Waals surface area contributed by atoms with Crippen molar-refractivity contribution in [3.05, 3.63) is 53.5 Å². The highest BCUT2D eigenvalue weighted by Crippen LogP contribution is 2.37. The fraction of sp³-hybridized carbons (Fsp3) is 0.318. The van der Waals surface area contributed by atoms with Gasteiger partial charge in [0.2, 0.25) is 0 Å². The highest BCUT2D eigenvalue weighted by molar-refractivity contribution is 7.25. The Hall–Kier alpha value is -2.77. The number of nitrogens with one attached hydrogen (secondary N) is 1. The molecule has 0 spiro atoms. The molecule has 0 amide bonds. The van der Waals surface area contributed by atoms with Crippen LogP contribution in [0.5, 0.6) is 0 Å². The first-order valence-corrected chi connectivity index (χ1v) is 10.6. The number of rotatable bonds is 4. The number of fused-ring (bicyclic) bond motifs is 4. The molecule has 0 aliphatic carbocycles. The van der Waals surface area contributed by atoms with Gasteiger partial charge in [0.05, 0.1) is 28.1 Å². The molecule has 1 aliphatic heterocycles. The molecule has 0 saturated heterocycles. The van der Waals surface area contributed by atoms with Crippen molar-refractivity contribution in [1.29, 1.82) is 0 Å². The summed E-state index contributed by atoms with van der Waals surface area (Å²) in [5.74, 6) is 0.864. The first-order valence-electron chi connectivity index (χ1n) is 9.77. The van der Waals surface area contributed by atoms with Gasteiger partial charge in [0.1, 0.15) is 17.0 Å². The van der Waals surface area contributed by atoms with Crippen molar-refractivity contribution < 1.29 is 4.74 Å². The van der Waals surface area contributed by atoms with Crippen LogP contribution in [0.25, 0.3) is 20.4 Å². The molecule has 7 heteroatoms. The van der Waals surface area contributed by atoms with Crippen molar-refractivity contribution in [2.45, 2.75) is 38.9 Å². The van der Waals surface area contributed by atoms with Crippen LogP contribution in [-0.2, 0) is 24.2 Å². The number of nitrogen functional groups attached to an aromatic ring is 1. The maximum absolute atomic E-state index is 5.97. The highest BCUT2D eigenvalue weighted by Gasteiger charge is 2.28. The number of nitrogens with two attached hydrogens (primary N) is 1. The molecule has 0 saturated carbocycles. The summed E-state index contributed by atoms with van der Waals surface area (Å²) in [5.41, 5.74) is 10.9. The molecule has 4 aromatic rings. The lowest BCUT2D eigenvalue weighted by Gasteiger charge is -2.30. The minimum absolute atomic E-state index is 0.168. The van der Waals surface area contributed by atoms with Crippen molar-refractivity contribution >= 4 is 43.3 Å². The normalized spacial score (nSPS) is 15.5. The van der Waals surface area contributed by atoms with Gasteiger partial charge < -0.3 is 15.8 Å². The predicted molar refractivity (Wildman–Crippen MR) is 118 cm³/mol. The van der Waals surface area contributed by atoms with Gasteiger partial charge in [-0.1, -0.05) is 12.1 Å². The number of hydrogen-bond donors (Lipinski definition) is 2. The zero-order valence-electron chi connectivity index (χ0n) is 16.5. The van der Waals surface area contributed by atoms with Gasteiger partial charge >= 0.3 is 0 Å². The zero-order chi connectivity index (χ0) is 20.0. The average Bonchev–Trinajstić information content (AvgIpc) is 3.05. The maximum atomic E-state index is 5.97. The maximum Gasteiger partial charge on any atom is 0.147 e. The van der Waals surface area contributed by atoms with E-state index in [0.717, 1.165) is 62.6 Å². The Balaban J connectivity index is 1.45. The molecule has 6 nitrogen and oxygen atoms in total. The van der Waals surface area contributed by atoms with Crippen LogP contribution in [0, 0.1) is 0 Å². The van der Waals surface area contributed by atoms with E-state index in [2.05, 4.69) is 47.3 Å². The van der Waals surface area contributed by atoms with Gasteiger partial charge in [-0.15, -0.1) is 11.3 Å². The van der Waals surface area contributed by atoms with Gasteiger partial charge in [0.25, 0.3) is 0 Å². The summed E-state index contributed by atoms with van der Waals surface area (Å²) in [6, 6.07) is 10.2. The van der Waals surface area contributed by atoms with Crippen LogP contribution in [0.2, 0.25) is 0 Å². The lowest BCUT2D eigenvalue weighted by Crippen LogP contribution is -2.32. The molecule has 0 bridgehead atoms. The molecule has 3 aromatic heterocycles. The van der Waals surface area contributed by atoms with E-state index in [1.807, 2.05) is 12.1 Å². The number of aromatic nitrogens is 3. The van der Waals surface area contributed by atoms with Crippen molar-refractivity contribution in [3.8, 4) is 0 Å². The van der Waals surface area contributed by atoms with E-state index in [1.54, 1.807) is 17.7 Å². The smallest absolute Gasteiger partial charge is 0.147 e. The minimum Gasteiger partial charge on any atom is -0.399 e. The Labute approximate surface area is 173 Å². The number of thiophene rings is 1. The molecule has 0 unspecified atom stereocenters. The fourth-order valence-electron chi connectivity index (χ4n) is 3.72. The van der Waals surface area contributed by atoms with E-state index in [4.69, 9.17) is 15.5 Å². The van der Waals surface area contributed by atoms with Crippen LogP contribution in [0.1, 0.15) is 30.7 Å². The molecule has 5 rings (SSSR count). The molecule has 3 N–H and O–H groups in total. The standard InChI is InChI=1S/C22H23N5OS/c1-22(2)10-17-14(11-28-22)9-16-18-19(29-21(16)27-17)20(26-12-25-18)24-8-7-13-3-5-15(23)6-4-13/h3-6,9,12H,7-8,10-11,23H2,1-2H3,(H,24,25,26). The summed E-state index contributed by atoms with van der Waals surface area (Å²) in [6.45, 7) is 5.61. The number of benzene rings is 1. The van der Waals surface area contributed by atoms with E-state index in [1.165, 1.54) is 5.56 Å². The third-order valence-electron chi connectivity index (χ3n) is 5.31. The van der Waals surface area contributed by atoms with Gasteiger partial charge in [-0.3, -0.25) is 0 Å². The Kier molecular flexibility index (Phi) is 4.37. The van der Waals surface area contributed by atoms with Gasteiger partial charge in [0.15, 0.2) is 0 Å². The summed E-state index contributed by atoms with van der Waals surface area (Å²) in [7, 11) is 0. The van der Waals surface area contributed by atoms with Crippen LogP contribution in [-0.4, -0.2) is 27.1 Å². The largest absolute Gasteiger partial charge is 0.399 e. The minimum atomic E-state index is -0.168. The lowest BCUT2D eigenvalue weighted by atomic mass is 9.95. The van der Waals surface area contributed by atoms with Crippen molar-refractivity contribution in [3.63, 3.8) is 0 Å². The molecule has 148 valence electrons. The summed E-state index contributed by atoms with van der Waals surface area (Å²) in [4.78, 5) is 15.0. The Morgan fingerprint density at radius 1 is 1.21 bits per heavy atom. The Morgan fingerprint density at radius 3 is 2.86 bits per heavy atom. The number of ether oxygens (including phenoxy) is 1. The molecule has 1 aliphatic rings. The first kappa shape index (κ1) is 18.3. The van der Waals surface area contributed by atoms with Crippen molar-refractivity contribution in [1.82, 2.24) is 15.0 Å². The molecule has 29 heavy (non-hydrogen) atoms. The number of anilines is 2. The van der Waals surface area contributed by atoms with Gasteiger partial charge in [0, 0.05) is 29.6 Å². The third kappa shape index (κ3) is 3.52. The van der Waals surface area contributed by atoms with E-state index in [0.29, 0.717) is 6.61 Å². The van der Waals surface area contributed by atoms with Gasteiger partial charge in [-0.05, 0) is 44.0 Å². The monoisotopic (exact) mass is 405 g/mol.